The first-order chi connectivity index (χ1) is 12.0. The Morgan fingerprint density at radius 2 is 2.04 bits per heavy atom. The fourth-order valence-electron chi connectivity index (χ4n) is 2.93. The highest BCUT2D eigenvalue weighted by atomic mass is 32.2. The molecule has 1 aliphatic rings. The van der Waals surface area contributed by atoms with Crippen LogP contribution in [0.25, 0.3) is 0 Å². The highest BCUT2D eigenvalue weighted by Gasteiger charge is 2.27. The molecule has 0 spiro atoms. The van der Waals surface area contributed by atoms with Crippen molar-refractivity contribution in [2.24, 2.45) is 0 Å². The third kappa shape index (κ3) is 4.20. The van der Waals surface area contributed by atoms with Crippen LogP contribution < -0.4 is 5.32 Å². The summed E-state index contributed by atoms with van der Waals surface area (Å²) in [4.78, 5) is 8.00. The van der Waals surface area contributed by atoms with Crippen LogP contribution >= 0.6 is 11.3 Å². The number of hydrogen-bond donors (Lipinski definition) is 1. The Balaban J connectivity index is 1.66. The van der Waals surface area contributed by atoms with Crippen LogP contribution in [-0.2, 0) is 10.0 Å². The number of hydrogen-bond acceptors (Lipinski definition) is 6. The third-order valence-electron chi connectivity index (χ3n) is 4.41. The van der Waals surface area contributed by atoms with Crippen molar-refractivity contribution in [3.05, 3.63) is 40.7 Å². The minimum absolute atomic E-state index is 0.245. The van der Waals surface area contributed by atoms with E-state index in [1.54, 1.807) is 23.5 Å². The molecule has 136 valence electrons. The lowest BCUT2D eigenvalue weighted by atomic mass is 10.2. The van der Waals surface area contributed by atoms with Gasteiger partial charge in [0.15, 0.2) is 0 Å². The van der Waals surface area contributed by atoms with Crippen molar-refractivity contribution in [2.45, 2.75) is 23.8 Å². The van der Waals surface area contributed by atoms with Crippen molar-refractivity contribution in [2.75, 3.05) is 39.0 Å². The SMILES string of the molecule is CN(C)C(CNc1ccc(S(=O)(=O)N2CCCC2)cn1)c1cccs1. The van der Waals surface area contributed by atoms with E-state index in [0.717, 1.165) is 12.8 Å². The van der Waals surface area contributed by atoms with Crippen molar-refractivity contribution in [1.82, 2.24) is 14.2 Å². The van der Waals surface area contributed by atoms with Gasteiger partial charge in [-0.15, -0.1) is 11.3 Å². The van der Waals surface area contributed by atoms with Gasteiger partial charge in [-0.05, 0) is 50.5 Å². The molecule has 2 aromatic heterocycles. The van der Waals surface area contributed by atoms with Gasteiger partial charge in [-0.2, -0.15) is 4.31 Å². The average molecular weight is 381 g/mol. The fraction of sp³-hybridized carbons (Fsp3) is 0.471. The summed E-state index contributed by atoms with van der Waals surface area (Å²) >= 11 is 1.73. The third-order valence-corrected chi connectivity index (χ3v) is 7.27. The minimum atomic E-state index is -3.40. The van der Waals surface area contributed by atoms with Gasteiger partial charge in [-0.25, -0.2) is 13.4 Å². The molecule has 1 unspecified atom stereocenters. The van der Waals surface area contributed by atoms with Gasteiger partial charge in [0.05, 0.1) is 6.04 Å². The van der Waals surface area contributed by atoms with Gasteiger partial charge in [-0.3, -0.25) is 0 Å². The molecule has 1 N–H and O–H groups in total. The lowest BCUT2D eigenvalue weighted by molar-refractivity contribution is 0.316. The predicted octanol–water partition coefficient (Wildman–Crippen LogP) is 2.64. The van der Waals surface area contributed by atoms with Crippen molar-refractivity contribution < 1.29 is 8.42 Å². The molecular formula is C17H24N4O2S2. The van der Waals surface area contributed by atoms with E-state index in [0.29, 0.717) is 25.5 Å². The maximum Gasteiger partial charge on any atom is 0.244 e. The molecule has 25 heavy (non-hydrogen) atoms. The Kier molecular flexibility index (Phi) is 5.73. The Labute approximate surface area is 153 Å². The van der Waals surface area contributed by atoms with Gasteiger partial charge in [-0.1, -0.05) is 6.07 Å². The Bertz CT molecular complexity index is 767. The first-order valence-corrected chi connectivity index (χ1v) is 10.7. The molecular weight excluding hydrogens is 356 g/mol. The van der Waals surface area contributed by atoms with E-state index in [1.165, 1.54) is 15.4 Å². The zero-order valence-corrected chi connectivity index (χ0v) is 16.2. The molecule has 0 saturated carbocycles. The Morgan fingerprint density at radius 1 is 1.28 bits per heavy atom. The fourth-order valence-corrected chi connectivity index (χ4v) is 5.32. The van der Waals surface area contributed by atoms with Crippen molar-refractivity contribution >= 4 is 27.2 Å². The second-order valence-corrected chi connectivity index (χ2v) is 9.28. The summed E-state index contributed by atoms with van der Waals surface area (Å²) in [6.07, 6.45) is 3.31. The number of nitrogens with one attached hydrogen (secondary N) is 1. The summed E-state index contributed by atoms with van der Waals surface area (Å²) in [7, 11) is 0.695. The molecule has 0 bridgehead atoms. The number of anilines is 1. The molecule has 6 nitrogen and oxygen atoms in total. The summed E-state index contributed by atoms with van der Waals surface area (Å²) in [5, 5.41) is 5.38. The standard InChI is InChI=1S/C17H24N4O2S2/c1-20(2)15(16-6-5-11-24-16)13-19-17-8-7-14(12-18-17)25(22,23)21-9-3-4-10-21/h5-8,11-12,15H,3-4,9-10,13H2,1-2H3,(H,18,19). The number of nitrogens with zero attached hydrogens (tertiary/aromatic N) is 3. The summed E-state index contributed by atoms with van der Waals surface area (Å²) in [5.41, 5.74) is 0. The minimum Gasteiger partial charge on any atom is -0.368 e. The highest BCUT2D eigenvalue weighted by Crippen LogP contribution is 2.24. The molecule has 0 aliphatic carbocycles. The van der Waals surface area contributed by atoms with Gasteiger partial charge < -0.3 is 10.2 Å². The quantitative estimate of drug-likeness (QED) is 0.800. The van der Waals surface area contributed by atoms with E-state index < -0.39 is 10.0 Å². The van der Waals surface area contributed by atoms with E-state index >= 15 is 0 Å². The van der Waals surface area contributed by atoms with Gasteiger partial charge in [0, 0.05) is 30.7 Å². The number of rotatable bonds is 7. The Hall–Kier alpha value is -1.48. The lowest BCUT2D eigenvalue weighted by Crippen LogP contribution is -2.28. The normalized spacial score (nSPS) is 17.1. The first kappa shape index (κ1) is 18.3. The lowest BCUT2D eigenvalue weighted by Gasteiger charge is -2.23. The predicted molar refractivity (Wildman–Crippen MR) is 101 cm³/mol. The monoisotopic (exact) mass is 380 g/mol. The molecule has 1 aliphatic heterocycles. The number of aromatic nitrogens is 1. The van der Waals surface area contributed by atoms with Crippen molar-refractivity contribution in [1.29, 1.82) is 0 Å². The zero-order chi connectivity index (χ0) is 17.9. The molecule has 0 amide bonds. The number of thiophene rings is 1. The highest BCUT2D eigenvalue weighted by molar-refractivity contribution is 7.89. The van der Waals surface area contributed by atoms with E-state index in [4.69, 9.17) is 0 Å². The maximum absolute atomic E-state index is 12.5. The van der Waals surface area contributed by atoms with Crippen LogP contribution in [0.4, 0.5) is 5.82 Å². The van der Waals surface area contributed by atoms with E-state index in [2.05, 4.69) is 26.6 Å². The molecule has 8 heteroatoms. The number of sulfonamides is 1. The largest absolute Gasteiger partial charge is 0.368 e. The van der Waals surface area contributed by atoms with Gasteiger partial charge in [0.25, 0.3) is 0 Å². The van der Waals surface area contributed by atoms with Crippen LogP contribution in [0, 0.1) is 0 Å². The summed E-state index contributed by atoms with van der Waals surface area (Å²) < 4.78 is 26.6. The van der Waals surface area contributed by atoms with E-state index in [1.807, 2.05) is 20.2 Å². The van der Waals surface area contributed by atoms with Crippen LogP contribution in [0.1, 0.15) is 23.8 Å². The van der Waals surface area contributed by atoms with Crippen LogP contribution in [0.2, 0.25) is 0 Å². The molecule has 0 aromatic carbocycles. The van der Waals surface area contributed by atoms with Crippen LogP contribution in [-0.4, -0.2) is 56.3 Å². The summed E-state index contributed by atoms with van der Waals surface area (Å²) in [5.74, 6) is 0.684. The smallest absolute Gasteiger partial charge is 0.244 e. The molecule has 0 radical (unpaired) electrons. The van der Waals surface area contributed by atoms with Crippen LogP contribution in [0.3, 0.4) is 0 Å². The number of likely N-dealkylation sites (N-methyl/N-ethyl adjacent to an activating group) is 1. The van der Waals surface area contributed by atoms with Crippen molar-refractivity contribution in [3.8, 4) is 0 Å². The first-order valence-electron chi connectivity index (χ1n) is 8.38. The average Bonchev–Trinajstić information content (AvgIpc) is 3.29. The molecule has 1 atom stereocenters. The Morgan fingerprint density at radius 3 is 2.60 bits per heavy atom. The maximum atomic E-state index is 12.5. The summed E-state index contributed by atoms with van der Waals surface area (Å²) in [6, 6.07) is 7.79. The van der Waals surface area contributed by atoms with E-state index in [-0.39, 0.29) is 10.9 Å². The molecule has 3 heterocycles. The number of pyridine rings is 1. The van der Waals surface area contributed by atoms with Crippen molar-refractivity contribution in [3.63, 3.8) is 0 Å². The molecule has 1 fully saturated rings. The second-order valence-electron chi connectivity index (χ2n) is 6.37. The molecule has 1 saturated heterocycles. The van der Waals surface area contributed by atoms with Crippen LogP contribution in [0.15, 0.2) is 40.7 Å². The van der Waals surface area contributed by atoms with Gasteiger partial charge in [0.2, 0.25) is 10.0 Å². The molecule has 2 aromatic rings. The van der Waals surface area contributed by atoms with E-state index in [9.17, 15) is 8.42 Å². The topological polar surface area (TPSA) is 65.5 Å². The molecule has 3 rings (SSSR count). The second kappa shape index (κ2) is 7.82. The van der Waals surface area contributed by atoms with Gasteiger partial charge in [0.1, 0.15) is 10.7 Å². The van der Waals surface area contributed by atoms with Crippen LogP contribution in [0.5, 0.6) is 0 Å². The zero-order valence-electron chi connectivity index (χ0n) is 14.6. The summed E-state index contributed by atoms with van der Waals surface area (Å²) in [6.45, 7) is 1.92. The van der Waals surface area contributed by atoms with Gasteiger partial charge >= 0.3 is 0 Å².